The number of carbonyl (C=O) groups is 2. The van der Waals surface area contributed by atoms with E-state index in [0.29, 0.717) is 18.6 Å². The molecule has 1 saturated carbocycles. The Hall–Kier alpha value is -1.62. The van der Waals surface area contributed by atoms with Crippen LogP contribution in [0.3, 0.4) is 0 Å². The van der Waals surface area contributed by atoms with Crippen molar-refractivity contribution in [3.8, 4) is 0 Å². The largest absolute Gasteiger partial charge is 0.478 e. The molecule has 1 atom stereocenters. The van der Waals surface area contributed by atoms with Crippen LogP contribution in [0.5, 0.6) is 0 Å². The fourth-order valence-electron chi connectivity index (χ4n) is 2.21. The Balaban J connectivity index is 1.84. The second-order valence-electron chi connectivity index (χ2n) is 5.72. The van der Waals surface area contributed by atoms with Gasteiger partial charge in [0.2, 0.25) is 0 Å². The summed E-state index contributed by atoms with van der Waals surface area (Å²) in [4.78, 5) is 23.1. The Labute approximate surface area is 124 Å². The van der Waals surface area contributed by atoms with Crippen LogP contribution in [-0.4, -0.2) is 35.4 Å². The van der Waals surface area contributed by atoms with Crippen LogP contribution in [0.15, 0.2) is 23.8 Å². The average molecular weight is 294 g/mol. The highest BCUT2D eigenvalue weighted by Gasteiger charge is 2.59. The average Bonchev–Trinajstić information content (AvgIpc) is 3.30. The lowest BCUT2D eigenvalue weighted by Crippen LogP contribution is -2.26. The summed E-state index contributed by atoms with van der Waals surface area (Å²) in [5, 5.41) is 9.10. The van der Waals surface area contributed by atoms with E-state index in [-0.39, 0.29) is 18.1 Å². The number of unbranched alkanes of at least 4 members (excludes halogenated alkanes) is 1. The van der Waals surface area contributed by atoms with Crippen LogP contribution in [0.2, 0.25) is 0 Å². The number of hydrogen-bond donors (Lipinski definition) is 1. The fraction of sp³-hybridized carbons (Fsp3) is 0.625. The maximum Gasteiger partial charge on any atom is 0.334 e. The van der Waals surface area contributed by atoms with E-state index < -0.39 is 17.5 Å². The van der Waals surface area contributed by atoms with Gasteiger partial charge in [0.15, 0.2) is 0 Å². The number of epoxide rings is 1. The van der Waals surface area contributed by atoms with Crippen LogP contribution in [0, 0.1) is 0 Å². The molecule has 2 aliphatic rings. The Morgan fingerprint density at radius 1 is 1.48 bits per heavy atom. The molecule has 1 aliphatic heterocycles. The number of aliphatic carboxylic acids is 1. The minimum atomic E-state index is -0.935. The second-order valence-corrected chi connectivity index (χ2v) is 5.72. The first-order valence-electron chi connectivity index (χ1n) is 7.43. The minimum Gasteiger partial charge on any atom is -0.478 e. The molecular formula is C16H22O5. The second kappa shape index (κ2) is 6.43. The standard InChI is InChI=1S/C16H22O5/c1-3-4-5-12(14(17)18)7-6-11(2)15(19)21-16(8-9-16)13-10-20-13/h7,13H,2-6,8-10H2,1H3,(H,17,18). The molecule has 0 spiro atoms. The lowest BCUT2D eigenvalue weighted by Gasteiger charge is -2.14. The zero-order chi connectivity index (χ0) is 15.5. The molecule has 2 rings (SSSR count). The van der Waals surface area contributed by atoms with Gasteiger partial charge in [-0.05, 0) is 32.1 Å². The van der Waals surface area contributed by atoms with E-state index in [9.17, 15) is 9.59 Å². The number of rotatable bonds is 9. The van der Waals surface area contributed by atoms with Crippen molar-refractivity contribution < 1.29 is 24.2 Å². The normalized spacial score (nSPS) is 22.5. The molecule has 116 valence electrons. The summed E-state index contributed by atoms with van der Waals surface area (Å²) >= 11 is 0. The van der Waals surface area contributed by atoms with E-state index in [4.69, 9.17) is 14.6 Å². The van der Waals surface area contributed by atoms with Crippen LogP contribution in [0.25, 0.3) is 0 Å². The van der Waals surface area contributed by atoms with Crippen molar-refractivity contribution in [2.75, 3.05) is 6.61 Å². The smallest absolute Gasteiger partial charge is 0.334 e. The van der Waals surface area contributed by atoms with E-state index in [1.807, 2.05) is 6.92 Å². The molecule has 0 bridgehead atoms. The SMILES string of the molecule is C=C(CC=C(CCCC)C(=O)O)C(=O)OC1(C2CO2)CC1. The third-order valence-electron chi connectivity index (χ3n) is 3.92. The van der Waals surface area contributed by atoms with Gasteiger partial charge in [-0.15, -0.1) is 0 Å². The van der Waals surface area contributed by atoms with Crippen molar-refractivity contribution in [1.82, 2.24) is 0 Å². The topological polar surface area (TPSA) is 76.1 Å². The van der Waals surface area contributed by atoms with Crippen LogP contribution < -0.4 is 0 Å². The number of carbonyl (C=O) groups excluding carboxylic acids is 1. The number of hydrogen-bond acceptors (Lipinski definition) is 4. The lowest BCUT2D eigenvalue weighted by molar-refractivity contribution is -0.147. The highest BCUT2D eigenvalue weighted by atomic mass is 16.6. The molecule has 21 heavy (non-hydrogen) atoms. The summed E-state index contributed by atoms with van der Waals surface area (Å²) in [6.07, 6.45) is 5.75. The molecule has 2 fully saturated rings. The number of esters is 1. The van der Waals surface area contributed by atoms with Gasteiger partial charge in [0.25, 0.3) is 0 Å². The summed E-state index contributed by atoms with van der Waals surface area (Å²) < 4.78 is 10.7. The van der Waals surface area contributed by atoms with Crippen molar-refractivity contribution in [3.63, 3.8) is 0 Å². The lowest BCUT2D eigenvalue weighted by atomic mass is 10.1. The first kappa shape index (κ1) is 15.8. The monoisotopic (exact) mass is 294 g/mol. The maximum absolute atomic E-state index is 12.0. The van der Waals surface area contributed by atoms with Crippen LogP contribution in [-0.2, 0) is 19.1 Å². The van der Waals surface area contributed by atoms with E-state index in [2.05, 4.69) is 6.58 Å². The third kappa shape index (κ3) is 4.17. The molecule has 0 aromatic rings. The van der Waals surface area contributed by atoms with Crippen LogP contribution in [0.1, 0.15) is 45.4 Å². The van der Waals surface area contributed by atoms with E-state index in [0.717, 1.165) is 25.7 Å². The van der Waals surface area contributed by atoms with Crippen molar-refractivity contribution >= 4 is 11.9 Å². The Bertz CT molecular complexity index is 469. The first-order chi connectivity index (χ1) is 9.98. The Morgan fingerprint density at radius 3 is 2.62 bits per heavy atom. The molecule has 1 aliphatic carbocycles. The Kier molecular flexibility index (Phi) is 4.83. The van der Waals surface area contributed by atoms with Gasteiger partial charge >= 0.3 is 11.9 Å². The molecule has 1 saturated heterocycles. The summed E-state index contributed by atoms with van der Waals surface area (Å²) in [6.45, 7) is 6.36. The van der Waals surface area contributed by atoms with Crippen LogP contribution in [0.4, 0.5) is 0 Å². The van der Waals surface area contributed by atoms with E-state index >= 15 is 0 Å². The predicted molar refractivity (Wildman–Crippen MR) is 76.8 cm³/mol. The van der Waals surface area contributed by atoms with Gasteiger partial charge in [-0.1, -0.05) is 26.0 Å². The van der Waals surface area contributed by atoms with Crippen molar-refractivity contribution in [2.45, 2.75) is 57.2 Å². The predicted octanol–water partition coefficient (Wildman–Crippen LogP) is 2.61. The molecule has 5 nitrogen and oxygen atoms in total. The molecular weight excluding hydrogens is 272 g/mol. The molecule has 0 aromatic carbocycles. The van der Waals surface area contributed by atoms with E-state index in [1.54, 1.807) is 6.08 Å². The summed E-state index contributed by atoms with van der Waals surface area (Å²) in [7, 11) is 0. The first-order valence-corrected chi connectivity index (χ1v) is 7.43. The fourth-order valence-corrected chi connectivity index (χ4v) is 2.21. The maximum atomic E-state index is 12.0. The molecule has 1 unspecified atom stereocenters. The number of allylic oxidation sites excluding steroid dienone is 1. The molecule has 5 heteroatoms. The highest BCUT2D eigenvalue weighted by Crippen LogP contribution is 2.48. The number of carboxylic acids is 1. The summed E-state index contributed by atoms with van der Waals surface area (Å²) in [5.41, 5.74) is 0.191. The van der Waals surface area contributed by atoms with Gasteiger partial charge in [0, 0.05) is 11.1 Å². The Morgan fingerprint density at radius 2 is 2.14 bits per heavy atom. The number of carboxylic acid groups (broad SMARTS) is 1. The summed E-state index contributed by atoms with van der Waals surface area (Å²) in [5.74, 6) is -1.38. The summed E-state index contributed by atoms with van der Waals surface area (Å²) in [6, 6.07) is 0. The zero-order valence-corrected chi connectivity index (χ0v) is 12.4. The quantitative estimate of drug-likeness (QED) is 0.402. The van der Waals surface area contributed by atoms with Gasteiger partial charge < -0.3 is 14.6 Å². The molecule has 1 heterocycles. The van der Waals surface area contributed by atoms with Crippen molar-refractivity contribution in [2.24, 2.45) is 0 Å². The zero-order valence-electron chi connectivity index (χ0n) is 12.4. The van der Waals surface area contributed by atoms with Gasteiger partial charge in [0.05, 0.1) is 6.61 Å². The van der Waals surface area contributed by atoms with Gasteiger partial charge in [-0.3, -0.25) is 0 Å². The van der Waals surface area contributed by atoms with Gasteiger partial charge in [-0.25, -0.2) is 9.59 Å². The molecule has 1 N–H and O–H groups in total. The van der Waals surface area contributed by atoms with Gasteiger partial charge in [0.1, 0.15) is 11.7 Å². The molecule has 0 aromatic heterocycles. The number of ether oxygens (including phenoxy) is 2. The highest BCUT2D eigenvalue weighted by molar-refractivity contribution is 5.90. The van der Waals surface area contributed by atoms with E-state index in [1.165, 1.54) is 0 Å². The third-order valence-corrected chi connectivity index (χ3v) is 3.92. The molecule has 0 amide bonds. The van der Waals surface area contributed by atoms with Gasteiger partial charge in [-0.2, -0.15) is 0 Å². The minimum absolute atomic E-state index is 0.0453. The van der Waals surface area contributed by atoms with Crippen molar-refractivity contribution in [3.05, 3.63) is 23.8 Å². The molecule has 0 radical (unpaired) electrons. The van der Waals surface area contributed by atoms with Crippen molar-refractivity contribution in [1.29, 1.82) is 0 Å². The van der Waals surface area contributed by atoms with Crippen LogP contribution >= 0.6 is 0 Å².